The van der Waals surface area contributed by atoms with E-state index in [0.717, 1.165) is 0 Å². The van der Waals surface area contributed by atoms with E-state index in [1.165, 1.54) is 6.20 Å². The predicted octanol–water partition coefficient (Wildman–Crippen LogP) is 1.37. The van der Waals surface area contributed by atoms with Gasteiger partial charge in [0.15, 0.2) is 0 Å². The minimum Gasteiger partial charge on any atom is -0.481 e. The number of pyridine rings is 1. The van der Waals surface area contributed by atoms with E-state index in [1.807, 2.05) is 0 Å². The highest BCUT2D eigenvalue weighted by Crippen LogP contribution is 2.13. The summed E-state index contributed by atoms with van der Waals surface area (Å²) in [5, 5.41) is 11.9. The van der Waals surface area contributed by atoms with E-state index >= 15 is 0 Å². The number of azide groups is 1. The number of carbonyl (C=O) groups is 1. The molecule has 0 aliphatic carbocycles. The standard InChI is InChI=1S/C9H11N5O2/c10-8(3-9(15)16)6-1-2-7(12-4-6)5-13-14-11/h1-2,4,8H,3,5,10H2,(H,15,16). The van der Waals surface area contributed by atoms with Crippen LogP contribution in [-0.4, -0.2) is 16.1 Å². The summed E-state index contributed by atoms with van der Waals surface area (Å²) < 4.78 is 0. The second kappa shape index (κ2) is 5.69. The Kier molecular flexibility index (Phi) is 4.26. The molecule has 0 aromatic carbocycles. The number of nitrogens with two attached hydrogens (primary N) is 1. The zero-order chi connectivity index (χ0) is 12.0. The molecular formula is C9H11N5O2. The van der Waals surface area contributed by atoms with Gasteiger partial charge in [0.2, 0.25) is 0 Å². The van der Waals surface area contributed by atoms with E-state index in [0.29, 0.717) is 11.3 Å². The summed E-state index contributed by atoms with van der Waals surface area (Å²) in [6.45, 7) is 0.172. The van der Waals surface area contributed by atoms with Crippen molar-refractivity contribution in [2.24, 2.45) is 10.8 Å². The molecule has 1 aromatic rings. The highest BCUT2D eigenvalue weighted by molar-refractivity contribution is 5.67. The first-order valence-electron chi connectivity index (χ1n) is 4.56. The molecule has 1 rings (SSSR count). The molecule has 1 unspecified atom stereocenters. The van der Waals surface area contributed by atoms with Crippen LogP contribution >= 0.6 is 0 Å². The van der Waals surface area contributed by atoms with Gasteiger partial charge >= 0.3 is 5.97 Å². The fourth-order valence-electron chi connectivity index (χ4n) is 1.16. The first-order chi connectivity index (χ1) is 7.63. The number of hydrogen-bond acceptors (Lipinski definition) is 4. The summed E-state index contributed by atoms with van der Waals surface area (Å²) in [6, 6.07) is 2.77. The van der Waals surface area contributed by atoms with Crippen molar-refractivity contribution in [1.29, 1.82) is 0 Å². The minimum absolute atomic E-state index is 0.141. The van der Waals surface area contributed by atoms with Crippen LogP contribution in [0.1, 0.15) is 23.7 Å². The van der Waals surface area contributed by atoms with Crippen molar-refractivity contribution in [2.45, 2.75) is 19.0 Å². The highest BCUT2D eigenvalue weighted by atomic mass is 16.4. The van der Waals surface area contributed by atoms with E-state index in [2.05, 4.69) is 15.0 Å². The topological polar surface area (TPSA) is 125 Å². The molecular weight excluding hydrogens is 210 g/mol. The molecule has 1 aromatic heterocycles. The summed E-state index contributed by atoms with van der Waals surface area (Å²) in [5.41, 5.74) is 15.0. The van der Waals surface area contributed by atoms with Crippen LogP contribution in [0.15, 0.2) is 23.4 Å². The molecule has 0 amide bonds. The first-order valence-corrected chi connectivity index (χ1v) is 4.56. The van der Waals surface area contributed by atoms with Gasteiger partial charge in [0, 0.05) is 22.8 Å². The summed E-state index contributed by atoms with van der Waals surface area (Å²) in [7, 11) is 0. The maximum Gasteiger partial charge on any atom is 0.305 e. The van der Waals surface area contributed by atoms with Crippen LogP contribution in [-0.2, 0) is 11.3 Å². The van der Waals surface area contributed by atoms with Crippen molar-refractivity contribution in [3.8, 4) is 0 Å². The average molecular weight is 221 g/mol. The minimum atomic E-state index is -0.953. The zero-order valence-electron chi connectivity index (χ0n) is 8.45. The van der Waals surface area contributed by atoms with Gasteiger partial charge in [-0.1, -0.05) is 11.2 Å². The fraction of sp³-hybridized carbons (Fsp3) is 0.333. The summed E-state index contributed by atoms with van der Waals surface area (Å²) >= 11 is 0. The molecule has 0 saturated heterocycles. The van der Waals surface area contributed by atoms with Crippen LogP contribution < -0.4 is 5.73 Å². The Bertz CT molecular complexity index is 410. The molecule has 3 N–H and O–H groups in total. The molecule has 7 nitrogen and oxygen atoms in total. The largest absolute Gasteiger partial charge is 0.481 e. The Morgan fingerprint density at radius 2 is 2.44 bits per heavy atom. The molecule has 1 atom stereocenters. The third-order valence-electron chi connectivity index (χ3n) is 1.97. The zero-order valence-corrected chi connectivity index (χ0v) is 8.45. The molecule has 0 aliphatic heterocycles. The van der Waals surface area contributed by atoms with Gasteiger partial charge in [-0.2, -0.15) is 0 Å². The van der Waals surface area contributed by atoms with Gasteiger partial charge in [0.25, 0.3) is 0 Å². The third-order valence-corrected chi connectivity index (χ3v) is 1.97. The van der Waals surface area contributed by atoms with Gasteiger partial charge in [-0.25, -0.2) is 0 Å². The molecule has 16 heavy (non-hydrogen) atoms. The third kappa shape index (κ3) is 3.56. The Labute approximate surface area is 91.5 Å². The van der Waals surface area contributed by atoms with E-state index in [4.69, 9.17) is 16.4 Å². The molecule has 0 spiro atoms. The van der Waals surface area contributed by atoms with Gasteiger partial charge in [-0.3, -0.25) is 9.78 Å². The van der Waals surface area contributed by atoms with Gasteiger partial charge in [-0.05, 0) is 17.2 Å². The van der Waals surface area contributed by atoms with Crippen LogP contribution in [0.4, 0.5) is 0 Å². The SMILES string of the molecule is [N-]=[N+]=NCc1ccc(C(N)CC(=O)O)cn1. The summed E-state index contributed by atoms with van der Waals surface area (Å²) in [5.74, 6) is -0.953. The maximum atomic E-state index is 10.4. The van der Waals surface area contributed by atoms with Crippen molar-refractivity contribution in [3.05, 3.63) is 40.0 Å². The van der Waals surface area contributed by atoms with Crippen LogP contribution in [0.5, 0.6) is 0 Å². The molecule has 7 heteroatoms. The Hall–Kier alpha value is -2.11. The van der Waals surface area contributed by atoms with Crippen LogP contribution in [0, 0.1) is 0 Å². The number of hydrogen-bond donors (Lipinski definition) is 2. The lowest BCUT2D eigenvalue weighted by Gasteiger charge is -2.08. The number of aliphatic carboxylic acids is 1. The second-order valence-corrected chi connectivity index (χ2v) is 3.18. The Morgan fingerprint density at radius 3 is 2.94 bits per heavy atom. The quantitative estimate of drug-likeness (QED) is 0.442. The Morgan fingerprint density at radius 1 is 1.69 bits per heavy atom. The monoisotopic (exact) mass is 221 g/mol. The van der Waals surface area contributed by atoms with E-state index in [9.17, 15) is 4.79 Å². The molecule has 0 fully saturated rings. The van der Waals surface area contributed by atoms with E-state index in [1.54, 1.807) is 12.1 Å². The lowest BCUT2D eigenvalue weighted by Crippen LogP contribution is -2.15. The fourth-order valence-corrected chi connectivity index (χ4v) is 1.16. The van der Waals surface area contributed by atoms with Gasteiger partial charge in [0.1, 0.15) is 0 Å². The predicted molar refractivity (Wildman–Crippen MR) is 56.3 cm³/mol. The first kappa shape index (κ1) is 12.0. The number of carboxylic acid groups (broad SMARTS) is 1. The number of nitrogens with zero attached hydrogens (tertiary/aromatic N) is 4. The molecule has 1 heterocycles. The molecule has 0 bridgehead atoms. The van der Waals surface area contributed by atoms with Crippen LogP contribution in [0.25, 0.3) is 10.4 Å². The normalized spacial score (nSPS) is 11.6. The molecule has 0 aliphatic rings. The summed E-state index contributed by atoms with van der Waals surface area (Å²) in [6.07, 6.45) is 1.35. The number of carboxylic acids is 1. The van der Waals surface area contributed by atoms with Crippen molar-refractivity contribution in [3.63, 3.8) is 0 Å². The van der Waals surface area contributed by atoms with Gasteiger partial charge in [0.05, 0.1) is 13.0 Å². The van der Waals surface area contributed by atoms with Crippen LogP contribution in [0.2, 0.25) is 0 Å². The van der Waals surface area contributed by atoms with E-state index in [-0.39, 0.29) is 13.0 Å². The van der Waals surface area contributed by atoms with Crippen molar-refractivity contribution < 1.29 is 9.90 Å². The summed E-state index contributed by atoms with van der Waals surface area (Å²) in [4.78, 5) is 17.1. The molecule has 0 saturated carbocycles. The number of aromatic nitrogens is 1. The van der Waals surface area contributed by atoms with Crippen molar-refractivity contribution >= 4 is 5.97 Å². The second-order valence-electron chi connectivity index (χ2n) is 3.18. The average Bonchev–Trinajstić information content (AvgIpc) is 2.26. The van der Waals surface area contributed by atoms with Gasteiger partial charge in [-0.15, -0.1) is 0 Å². The number of rotatable bonds is 5. The lowest BCUT2D eigenvalue weighted by molar-refractivity contribution is -0.137. The van der Waals surface area contributed by atoms with Crippen molar-refractivity contribution in [1.82, 2.24) is 4.98 Å². The highest BCUT2D eigenvalue weighted by Gasteiger charge is 2.10. The lowest BCUT2D eigenvalue weighted by atomic mass is 10.1. The smallest absolute Gasteiger partial charge is 0.305 e. The molecule has 84 valence electrons. The molecule has 0 radical (unpaired) electrons. The Balaban J connectivity index is 2.70. The van der Waals surface area contributed by atoms with Crippen LogP contribution in [0.3, 0.4) is 0 Å². The van der Waals surface area contributed by atoms with E-state index < -0.39 is 12.0 Å². The van der Waals surface area contributed by atoms with Crippen molar-refractivity contribution in [2.75, 3.05) is 0 Å². The van der Waals surface area contributed by atoms with Gasteiger partial charge < -0.3 is 10.8 Å². The maximum absolute atomic E-state index is 10.4.